The summed E-state index contributed by atoms with van der Waals surface area (Å²) in [4.78, 5) is 23.8. The average Bonchev–Trinajstić information content (AvgIpc) is 2.72. The van der Waals surface area contributed by atoms with Crippen LogP contribution in [0.25, 0.3) is 0 Å². The van der Waals surface area contributed by atoms with Crippen LogP contribution in [-0.2, 0) is 13.0 Å². The number of aromatic nitrogens is 2. The first-order valence-corrected chi connectivity index (χ1v) is 9.72. The quantitative estimate of drug-likeness (QED) is 0.712. The van der Waals surface area contributed by atoms with Crippen LogP contribution in [0.2, 0.25) is 5.02 Å². The molecule has 142 valence electrons. The van der Waals surface area contributed by atoms with E-state index in [0.29, 0.717) is 23.1 Å². The molecule has 1 N–H and O–H groups in total. The summed E-state index contributed by atoms with van der Waals surface area (Å²) in [6, 6.07) is 17.6. The van der Waals surface area contributed by atoms with Crippen molar-refractivity contribution in [2.45, 2.75) is 26.3 Å². The number of hydrogen-bond donors (Lipinski definition) is 1. The molecule has 0 saturated heterocycles. The van der Waals surface area contributed by atoms with Gasteiger partial charge in [0.05, 0.1) is 0 Å². The molecule has 3 aromatic rings. The van der Waals surface area contributed by atoms with Crippen molar-refractivity contribution in [3.63, 3.8) is 0 Å². The van der Waals surface area contributed by atoms with Gasteiger partial charge in [-0.1, -0.05) is 48.0 Å². The van der Waals surface area contributed by atoms with E-state index in [2.05, 4.69) is 38.4 Å². The second kappa shape index (κ2) is 7.98. The van der Waals surface area contributed by atoms with E-state index in [9.17, 15) is 4.79 Å². The van der Waals surface area contributed by atoms with Gasteiger partial charge in [0, 0.05) is 29.9 Å². The maximum Gasteiger partial charge on any atom is 0.270 e. The van der Waals surface area contributed by atoms with Crippen molar-refractivity contribution >= 4 is 29.0 Å². The highest BCUT2D eigenvalue weighted by atomic mass is 35.5. The molecule has 0 atom stereocenters. The van der Waals surface area contributed by atoms with Crippen LogP contribution >= 0.6 is 11.6 Å². The summed E-state index contributed by atoms with van der Waals surface area (Å²) in [7, 11) is 0. The molecule has 0 aliphatic carbocycles. The number of nitrogens with zero attached hydrogens (tertiary/aromatic N) is 3. The van der Waals surface area contributed by atoms with E-state index in [1.807, 2.05) is 37.3 Å². The van der Waals surface area contributed by atoms with Crippen LogP contribution in [-0.4, -0.2) is 22.4 Å². The van der Waals surface area contributed by atoms with Crippen LogP contribution in [0, 0.1) is 6.92 Å². The maximum absolute atomic E-state index is 12.7. The molecule has 0 spiro atoms. The second-order valence-electron chi connectivity index (χ2n) is 6.82. The largest absolute Gasteiger partial charge is 0.347 e. The van der Waals surface area contributed by atoms with Crippen molar-refractivity contribution in [3.05, 3.63) is 82.3 Å². The number of benzene rings is 2. The summed E-state index contributed by atoms with van der Waals surface area (Å²) in [5, 5.41) is 3.53. The van der Waals surface area contributed by atoms with E-state index >= 15 is 0 Å². The van der Waals surface area contributed by atoms with E-state index < -0.39 is 0 Å². The summed E-state index contributed by atoms with van der Waals surface area (Å²) in [6.45, 7) is 3.03. The summed E-state index contributed by atoms with van der Waals surface area (Å²) < 4.78 is 0. The van der Waals surface area contributed by atoms with Crippen molar-refractivity contribution in [1.29, 1.82) is 0 Å². The fourth-order valence-electron chi connectivity index (χ4n) is 3.49. The van der Waals surface area contributed by atoms with E-state index in [0.717, 1.165) is 36.5 Å². The Balaban J connectivity index is 1.58. The fraction of sp³-hybridized carbons (Fsp3) is 0.227. The fourth-order valence-corrected chi connectivity index (χ4v) is 3.69. The van der Waals surface area contributed by atoms with Gasteiger partial charge in [0.25, 0.3) is 5.91 Å². The van der Waals surface area contributed by atoms with E-state index in [-0.39, 0.29) is 5.91 Å². The first-order valence-electron chi connectivity index (χ1n) is 9.34. The van der Waals surface area contributed by atoms with Crippen LogP contribution in [0.5, 0.6) is 0 Å². The Labute approximate surface area is 169 Å². The zero-order valence-corrected chi connectivity index (χ0v) is 16.4. The van der Waals surface area contributed by atoms with Crippen molar-refractivity contribution in [1.82, 2.24) is 15.3 Å². The third-order valence-electron chi connectivity index (χ3n) is 4.84. The standard InChI is InChI=1S/C22H21ClN4O/c1-15-25-19(22(28)24-14-17-8-2-4-10-18(17)23)13-21(26-15)27-12-6-9-16-7-3-5-11-20(16)27/h2-5,7-8,10-11,13H,6,9,12,14H2,1H3,(H,24,28). The highest BCUT2D eigenvalue weighted by Gasteiger charge is 2.21. The predicted octanol–water partition coefficient (Wildman–Crippen LogP) is 4.45. The second-order valence-corrected chi connectivity index (χ2v) is 7.22. The third-order valence-corrected chi connectivity index (χ3v) is 5.21. The molecule has 0 bridgehead atoms. The first kappa shape index (κ1) is 18.4. The average molecular weight is 393 g/mol. The van der Waals surface area contributed by atoms with E-state index in [1.165, 1.54) is 5.56 Å². The number of anilines is 2. The predicted molar refractivity (Wildman–Crippen MR) is 111 cm³/mol. The SMILES string of the molecule is Cc1nc(C(=O)NCc2ccccc2Cl)cc(N2CCCc3ccccc32)n1. The topological polar surface area (TPSA) is 58.1 Å². The number of hydrogen-bond acceptors (Lipinski definition) is 4. The lowest BCUT2D eigenvalue weighted by Crippen LogP contribution is -2.28. The Kier molecular flexibility index (Phi) is 5.26. The molecular formula is C22H21ClN4O. The Morgan fingerprint density at radius 2 is 1.93 bits per heavy atom. The van der Waals surface area contributed by atoms with Crippen LogP contribution < -0.4 is 10.2 Å². The number of para-hydroxylation sites is 1. The van der Waals surface area contributed by atoms with Gasteiger partial charge >= 0.3 is 0 Å². The van der Waals surface area contributed by atoms with Crippen LogP contribution in [0.1, 0.15) is 33.9 Å². The molecule has 2 heterocycles. The molecule has 6 heteroatoms. The van der Waals surface area contributed by atoms with Gasteiger partial charge in [0.15, 0.2) is 0 Å². The van der Waals surface area contributed by atoms with Gasteiger partial charge in [-0.15, -0.1) is 0 Å². The van der Waals surface area contributed by atoms with Crippen molar-refractivity contribution in [2.75, 3.05) is 11.4 Å². The van der Waals surface area contributed by atoms with Gasteiger partial charge in [-0.05, 0) is 43.0 Å². The number of carbonyl (C=O) groups excluding carboxylic acids is 1. The van der Waals surface area contributed by atoms with E-state index in [1.54, 1.807) is 6.07 Å². The molecule has 1 amide bonds. The number of carbonyl (C=O) groups is 1. The molecule has 2 aromatic carbocycles. The molecule has 5 nitrogen and oxygen atoms in total. The van der Waals surface area contributed by atoms with Crippen LogP contribution in [0.3, 0.4) is 0 Å². The molecule has 0 saturated carbocycles. The van der Waals surface area contributed by atoms with Crippen molar-refractivity contribution < 1.29 is 4.79 Å². The molecule has 0 radical (unpaired) electrons. The first-order chi connectivity index (χ1) is 13.6. The number of halogens is 1. The molecule has 0 fully saturated rings. The van der Waals surface area contributed by atoms with Gasteiger partial charge in [-0.2, -0.15) is 0 Å². The zero-order chi connectivity index (χ0) is 19.5. The van der Waals surface area contributed by atoms with Gasteiger partial charge in [-0.25, -0.2) is 9.97 Å². The Hall–Kier alpha value is -2.92. The van der Waals surface area contributed by atoms with Crippen LogP contribution in [0.4, 0.5) is 11.5 Å². The molecular weight excluding hydrogens is 372 g/mol. The van der Waals surface area contributed by atoms with E-state index in [4.69, 9.17) is 11.6 Å². The van der Waals surface area contributed by atoms with Gasteiger partial charge in [-0.3, -0.25) is 4.79 Å². The molecule has 0 unspecified atom stereocenters. The minimum absolute atomic E-state index is 0.239. The number of rotatable bonds is 4. The normalized spacial score (nSPS) is 13.1. The minimum Gasteiger partial charge on any atom is -0.347 e. The minimum atomic E-state index is -0.239. The molecule has 1 aliphatic heterocycles. The summed E-state index contributed by atoms with van der Waals surface area (Å²) in [6.07, 6.45) is 2.11. The number of amides is 1. The Morgan fingerprint density at radius 3 is 2.79 bits per heavy atom. The van der Waals surface area contributed by atoms with Gasteiger partial charge in [0.1, 0.15) is 17.3 Å². The number of nitrogens with one attached hydrogen (secondary N) is 1. The molecule has 28 heavy (non-hydrogen) atoms. The Morgan fingerprint density at radius 1 is 1.14 bits per heavy atom. The summed E-state index contributed by atoms with van der Waals surface area (Å²) >= 11 is 6.17. The molecule has 4 rings (SSSR count). The summed E-state index contributed by atoms with van der Waals surface area (Å²) in [5.74, 6) is 1.09. The lowest BCUT2D eigenvalue weighted by Gasteiger charge is -2.30. The molecule has 1 aromatic heterocycles. The lowest BCUT2D eigenvalue weighted by atomic mass is 10.0. The monoisotopic (exact) mass is 392 g/mol. The maximum atomic E-state index is 12.7. The highest BCUT2D eigenvalue weighted by Crippen LogP contribution is 2.32. The highest BCUT2D eigenvalue weighted by molar-refractivity contribution is 6.31. The van der Waals surface area contributed by atoms with Crippen LogP contribution in [0.15, 0.2) is 54.6 Å². The molecule has 1 aliphatic rings. The van der Waals surface area contributed by atoms with Gasteiger partial charge < -0.3 is 10.2 Å². The van der Waals surface area contributed by atoms with Crippen molar-refractivity contribution in [3.8, 4) is 0 Å². The van der Waals surface area contributed by atoms with Gasteiger partial charge in [0.2, 0.25) is 0 Å². The number of aryl methyl sites for hydroxylation is 2. The smallest absolute Gasteiger partial charge is 0.270 e. The third kappa shape index (κ3) is 3.85. The van der Waals surface area contributed by atoms with Crippen molar-refractivity contribution in [2.24, 2.45) is 0 Å². The zero-order valence-electron chi connectivity index (χ0n) is 15.7. The number of fused-ring (bicyclic) bond motifs is 1. The summed E-state index contributed by atoms with van der Waals surface area (Å²) in [5.41, 5.74) is 3.68. The lowest BCUT2D eigenvalue weighted by molar-refractivity contribution is 0.0945. The Bertz CT molecular complexity index is 1020.